The first-order valence-corrected chi connectivity index (χ1v) is 6.30. The molecule has 0 atom stereocenters. The van der Waals surface area contributed by atoms with Gasteiger partial charge in [0.05, 0.1) is 4.92 Å². The average molecular weight is 260 g/mol. The maximum absolute atomic E-state index is 10.8. The highest BCUT2D eigenvalue weighted by Gasteiger charge is 2.08. The van der Waals surface area contributed by atoms with E-state index in [4.69, 9.17) is 0 Å². The largest absolute Gasteiger partial charge is 0.347 e. The first-order chi connectivity index (χ1) is 9.08. The van der Waals surface area contributed by atoms with Crippen LogP contribution in [0.15, 0.2) is 30.5 Å². The van der Waals surface area contributed by atoms with Crippen LogP contribution >= 0.6 is 0 Å². The third kappa shape index (κ3) is 3.19. The number of ketones is 1. The van der Waals surface area contributed by atoms with Crippen molar-refractivity contribution in [3.63, 3.8) is 0 Å². The number of nitro groups is 1. The molecule has 1 aromatic heterocycles. The number of hydrogen-bond donors (Lipinski definition) is 0. The van der Waals surface area contributed by atoms with Gasteiger partial charge in [-0.1, -0.05) is 0 Å². The van der Waals surface area contributed by atoms with Crippen LogP contribution in [0.4, 0.5) is 5.69 Å². The SMILES string of the molecule is CC(=O)CCCCn1ccc2cc([N+](=O)[O-])ccc21. The van der Waals surface area contributed by atoms with Gasteiger partial charge >= 0.3 is 0 Å². The first-order valence-electron chi connectivity index (χ1n) is 6.30. The van der Waals surface area contributed by atoms with Gasteiger partial charge in [-0.2, -0.15) is 0 Å². The number of carbonyl (C=O) groups is 1. The Balaban J connectivity index is 2.08. The molecule has 100 valence electrons. The zero-order valence-corrected chi connectivity index (χ0v) is 10.8. The molecule has 1 heterocycles. The molecule has 2 rings (SSSR count). The van der Waals surface area contributed by atoms with Crippen molar-refractivity contribution in [2.75, 3.05) is 0 Å². The number of rotatable bonds is 6. The summed E-state index contributed by atoms with van der Waals surface area (Å²) >= 11 is 0. The van der Waals surface area contributed by atoms with E-state index >= 15 is 0 Å². The van der Waals surface area contributed by atoms with Gasteiger partial charge in [0.1, 0.15) is 5.78 Å². The molecule has 0 amide bonds. The zero-order chi connectivity index (χ0) is 13.8. The number of benzene rings is 1. The Bertz CT molecular complexity index is 616. The Morgan fingerprint density at radius 1 is 1.32 bits per heavy atom. The molecular weight excluding hydrogens is 244 g/mol. The molecule has 2 aromatic rings. The topological polar surface area (TPSA) is 65.1 Å². The number of fused-ring (bicyclic) bond motifs is 1. The summed E-state index contributed by atoms with van der Waals surface area (Å²) in [5.41, 5.74) is 1.11. The first kappa shape index (κ1) is 13.3. The van der Waals surface area contributed by atoms with Gasteiger partial charge in [-0.25, -0.2) is 0 Å². The summed E-state index contributed by atoms with van der Waals surface area (Å²) in [4.78, 5) is 21.2. The standard InChI is InChI=1S/C14H16N2O3/c1-11(17)4-2-3-8-15-9-7-12-10-13(16(18)19)5-6-14(12)15/h5-7,9-10H,2-4,8H2,1H3. The van der Waals surface area contributed by atoms with Crippen LogP contribution in [0.3, 0.4) is 0 Å². The number of aromatic nitrogens is 1. The lowest BCUT2D eigenvalue weighted by atomic mass is 10.2. The summed E-state index contributed by atoms with van der Waals surface area (Å²) in [5.74, 6) is 0.216. The summed E-state index contributed by atoms with van der Waals surface area (Å²) in [7, 11) is 0. The van der Waals surface area contributed by atoms with E-state index in [1.54, 1.807) is 19.1 Å². The van der Waals surface area contributed by atoms with Crippen LogP contribution in [-0.4, -0.2) is 15.3 Å². The minimum Gasteiger partial charge on any atom is -0.347 e. The fourth-order valence-corrected chi connectivity index (χ4v) is 2.15. The molecule has 1 aromatic carbocycles. The highest BCUT2D eigenvalue weighted by molar-refractivity contribution is 5.82. The Kier molecular flexibility index (Phi) is 3.94. The normalized spacial score (nSPS) is 10.8. The lowest BCUT2D eigenvalue weighted by Crippen LogP contribution is -1.98. The second kappa shape index (κ2) is 5.65. The Labute approximate surface area is 111 Å². The van der Waals surface area contributed by atoms with E-state index in [0.717, 1.165) is 30.3 Å². The second-order valence-corrected chi connectivity index (χ2v) is 4.67. The van der Waals surface area contributed by atoms with E-state index < -0.39 is 0 Å². The maximum atomic E-state index is 10.8. The molecule has 19 heavy (non-hydrogen) atoms. The summed E-state index contributed by atoms with van der Waals surface area (Å²) in [6.07, 6.45) is 4.36. The van der Waals surface area contributed by atoms with Crippen molar-refractivity contribution in [1.82, 2.24) is 4.57 Å². The molecule has 0 bridgehead atoms. The van der Waals surface area contributed by atoms with E-state index in [9.17, 15) is 14.9 Å². The van der Waals surface area contributed by atoms with E-state index in [1.165, 1.54) is 6.07 Å². The minimum atomic E-state index is -0.385. The molecule has 0 aliphatic rings. The lowest BCUT2D eigenvalue weighted by Gasteiger charge is -2.04. The van der Waals surface area contributed by atoms with Crippen LogP contribution in [0, 0.1) is 10.1 Å². The monoisotopic (exact) mass is 260 g/mol. The maximum Gasteiger partial charge on any atom is 0.270 e. The van der Waals surface area contributed by atoms with Gasteiger partial charge in [-0.3, -0.25) is 10.1 Å². The van der Waals surface area contributed by atoms with Gasteiger partial charge in [0, 0.05) is 42.2 Å². The van der Waals surface area contributed by atoms with Gasteiger partial charge in [-0.05, 0) is 31.9 Å². The number of carbonyl (C=O) groups excluding carboxylic acids is 1. The van der Waals surface area contributed by atoms with Gasteiger partial charge in [0.25, 0.3) is 5.69 Å². The molecular formula is C14H16N2O3. The lowest BCUT2D eigenvalue weighted by molar-refractivity contribution is -0.384. The Morgan fingerprint density at radius 2 is 2.11 bits per heavy atom. The number of unbranched alkanes of at least 4 members (excludes halogenated alkanes) is 1. The van der Waals surface area contributed by atoms with Crippen molar-refractivity contribution in [2.45, 2.75) is 32.7 Å². The molecule has 0 N–H and O–H groups in total. The fourth-order valence-electron chi connectivity index (χ4n) is 2.15. The number of non-ortho nitro benzene ring substituents is 1. The minimum absolute atomic E-state index is 0.113. The summed E-state index contributed by atoms with van der Waals surface area (Å²) in [6.45, 7) is 2.43. The van der Waals surface area contributed by atoms with E-state index in [-0.39, 0.29) is 16.4 Å². The molecule has 5 heteroatoms. The molecule has 0 aliphatic heterocycles. The van der Waals surface area contributed by atoms with Crippen LogP contribution in [0.25, 0.3) is 10.9 Å². The molecule has 0 saturated heterocycles. The van der Waals surface area contributed by atoms with Gasteiger partial charge < -0.3 is 9.36 Å². The van der Waals surface area contributed by atoms with Crippen LogP contribution in [0.5, 0.6) is 0 Å². The van der Waals surface area contributed by atoms with E-state index in [1.807, 2.05) is 12.3 Å². The number of nitro benzene ring substituents is 1. The second-order valence-electron chi connectivity index (χ2n) is 4.67. The van der Waals surface area contributed by atoms with Crippen LogP contribution < -0.4 is 0 Å². The molecule has 0 spiro atoms. The van der Waals surface area contributed by atoms with Crippen molar-refractivity contribution < 1.29 is 9.72 Å². The van der Waals surface area contributed by atoms with E-state index in [0.29, 0.717) is 6.42 Å². The quantitative estimate of drug-likeness (QED) is 0.454. The predicted molar refractivity (Wildman–Crippen MR) is 73.1 cm³/mol. The summed E-state index contributed by atoms with van der Waals surface area (Å²) in [5, 5.41) is 11.6. The predicted octanol–water partition coefficient (Wildman–Crippen LogP) is 3.31. The van der Waals surface area contributed by atoms with Gasteiger partial charge in [0.15, 0.2) is 0 Å². The third-order valence-electron chi connectivity index (χ3n) is 3.14. The molecule has 0 aliphatic carbocycles. The molecule has 5 nitrogen and oxygen atoms in total. The summed E-state index contributed by atoms with van der Waals surface area (Å²) in [6, 6.07) is 6.77. The van der Waals surface area contributed by atoms with E-state index in [2.05, 4.69) is 4.57 Å². The molecule has 0 radical (unpaired) electrons. The highest BCUT2D eigenvalue weighted by Crippen LogP contribution is 2.22. The summed E-state index contributed by atoms with van der Waals surface area (Å²) < 4.78 is 2.07. The fraction of sp³-hybridized carbons (Fsp3) is 0.357. The average Bonchev–Trinajstić information content (AvgIpc) is 2.76. The van der Waals surface area contributed by atoms with Crippen LogP contribution in [0.2, 0.25) is 0 Å². The highest BCUT2D eigenvalue weighted by atomic mass is 16.6. The van der Waals surface area contributed by atoms with Gasteiger partial charge in [-0.15, -0.1) is 0 Å². The molecule has 0 saturated carbocycles. The van der Waals surface area contributed by atoms with Crippen molar-refractivity contribution in [2.24, 2.45) is 0 Å². The van der Waals surface area contributed by atoms with Crippen molar-refractivity contribution in [3.8, 4) is 0 Å². The molecule has 0 fully saturated rings. The Morgan fingerprint density at radius 3 is 2.79 bits per heavy atom. The molecule has 0 unspecified atom stereocenters. The number of hydrogen-bond acceptors (Lipinski definition) is 3. The Hall–Kier alpha value is -2.17. The van der Waals surface area contributed by atoms with Crippen molar-refractivity contribution >= 4 is 22.4 Å². The van der Waals surface area contributed by atoms with Crippen molar-refractivity contribution in [1.29, 1.82) is 0 Å². The number of Topliss-reactive ketones (excluding diaryl/α,β-unsaturated/α-hetero) is 1. The number of aryl methyl sites for hydroxylation is 1. The van der Waals surface area contributed by atoms with Crippen LogP contribution in [-0.2, 0) is 11.3 Å². The number of nitrogens with zero attached hydrogens (tertiary/aromatic N) is 2. The zero-order valence-electron chi connectivity index (χ0n) is 10.8. The van der Waals surface area contributed by atoms with Gasteiger partial charge in [0.2, 0.25) is 0 Å². The smallest absolute Gasteiger partial charge is 0.270 e. The van der Waals surface area contributed by atoms with Crippen LogP contribution in [0.1, 0.15) is 26.2 Å². The van der Waals surface area contributed by atoms with Crippen molar-refractivity contribution in [3.05, 3.63) is 40.6 Å². The third-order valence-corrected chi connectivity index (χ3v) is 3.14.